The van der Waals surface area contributed by atoms with Crippen LogP contribution in [0.15, 0.2) is 88.1 Å². The van der Waals surface area contributed by atoms with E-state index in [1.807, 2.05) is 48.5 Å². The molecule has 1 aromatic carbocycles. The maximum Gasteiger partial charge on any atom is 0.274 e. The Morgan fingerprint density at radius 3 is 2.54 bits per heavy atom. The fraction of sp³-hybridized carbons (Fsp3) is 0.0500. The van der Waals surface area contributed by atoms with Gasteiger partial charge in [-0.15, -0.1) is 0 Å². The van der Waals surface area contributed by atoms with Crippen molar-refractivity contribution in [2.24, 2.45) is 0 Å². The molecule has 26 heavy (non-hydrogen) atoms. The van der Waals surface area contributed by atoms with E-state index in [4.69, 9.17) is 8.94 Å². The number of furan rings is 1. The average molecular weight is 345 g/mol. The van der Waals surface area contributed by atoms with Crippen molar-refractivity contribution in [2.45, 2.75) is 6.04 Å². The van der Waals surface area contributed by atoms with Crippen LogP contribution in [0.25, 0.3) is 11.5 Å². The van der Waals surface area contributed by atoms with E-state index in [0.29, 0.717) is 11.5 Å². The Bertz CT molecular complexity index is 940. The molecule has 6 nitrogen and oxygen atoms in total. The third-order valence-corrected chi connectivity index (χ3v) is 3.90. The molecular formula is C20H15N3O3. The zero-order chi connectivity index (χ0) is 17.8. The molecule has 0 bridgehead atoms. The van der Waals surface area contributed by atoms with Crippen molar-refractivity contribution < 1.29 is 13.7 Å². The lowest BCUT2D eigenvalue weighted by Gasteiger charge is -2.18. The molecule has 0 aliphatic heterocycles. The second-order valence-electron chi connectivity index (χ2n) is 5.63. The lowest BCUT2D eigenvalue weighted by atomic mass is 10.0. The zero-order valence-electron chi connectivity index (χ0n) is 13.7. The van der Waals surface area contributed by atoms with E-state index in [2.05, 4.69) is 15.5 Å². The Labute approximate surface area is 149 Å². The van der Waals surface area contributed by atoms with Crippen LogP contribution in [0.2, 0.25) is 0 Å². The summed E-state index contributed by atoms with van der Waals surface area (Å²) in [4.78, 5) is 17.1. The standard InChI is InChI=1S/C20H15N3O3/c24-20(16-13-18(26-23-16)17-10-6-12-25-17)22-19(14-7-2-1-3-8-14)15-9-4-5-11-21-15/h1-13,19H,(H,22,24). The summed E-state index contributed by atoms with van der Waals surface area (Å²) < 4.78 is 10.5. The highest BCUT2D eigenvalue weighted by Gasteiger charge is 2.21. The van der Waals surface area contributed by atoms with Crippen LogP contribution in [0.5, 0.6) is 0 Å². The predicted molar refractivity (Wildman–Crippen MR) is 94.2 cm³/mol. The minimum atomic E-state index is -0.395. The highest BCUT2D eigenvalue weighted by molar-refractivity contribution is 5.93. The molecule has 0 aliphatic carbocycles. The first-order chi connectivity index (χ1) is 12.8. The first-order valence-corrected chi connectivity index (χ1v) is 8.08. The molecule has 0 fully saturated rings. The highest BCUT2D eigenvalue weighted by atomic mass is 16.5. The molecule has 1 atom stereocenters. The van der Waals surface area contributed by atoms with Crippen LogP contribution in [0.4, 0.5) is 0 Å². The van der Waals surface area contributed by atoms with Crippen molar-refractivity contribution >= 4 is 5.91 Å². The molecule has 0 radical (unpaired) electrons. The van der Waals surface area contributed by atoms with Crippen molar-refractivity contribution in [3.05, 3.63) is 96.1 Å². The van der Waals surface area contributed by atoms with Crippen molar-refractivity contribution in [1.29, 1.82) is 0 Å². The van der Waals surface area contributed by atoms with Crippen molar-refractivity contribution in [1.82, 2.24) is 15.5 Å². The molecular weight excluding hydrogens is 330 g/mol. The van der Waals surface area contributed by atoms with E-state index in [1.54, 1.807) is 24.4 Å². The third kappa shape index (κ3) is 3.25. The molecule has 3 heterocycles. The highest BCUT2D eigenvalue weighted by Crippen LogP contribution is 2.23. The van der Waals surface area contributed by atoms with Gasteiger partial charge in [0.1, 0.15) is 0 Å². The number of hydrogen-bond donors (Lipinski definition) is 1. The molecule has 6 heteroatoms. The first-order valence-electron chi connectivity index (χ1n) is 8.08. The minimum Gasteiger partial charge on any atom is -0.461 e. The van der Waals surface area contributed by atoms with Gasteiger partial charge >= 0.3 is 0 Å². The second-order valence-corrected chi connectivity index (χ2v) is 5.63. The number of benzene rings is 1. The summed E-state index contributed by atoms with van der Waals surface area (Å²) >= 11 is 0. The Balaban J connectivity index is 1.61. The number of amides is 1. The smallest absolute Gasteiger partial charge is 0.274 e. The summed E-state index contributed by atoms with van der Waals surface area (Å²) in [5.41, 5.74) is 1.84. The molecule has 128 valence electrons. The number of nitrogens with one attached hydrogen (secondary N) is 1. The predicted octanol–water partition coefficient (Wildman–Crippen LogP) is 3.85. The van der Waals surface area contributed by atoms with E-state index in [9.17, 15) is 4.79 Å². The Hall–Kier alpha value is -3.67. The van der Waals surface area contributed by atoms with E-state index >= 15 is 0 Å². The maximum absolute atomic E-state index is 12.7. The Kier molecular flexibility index (Phi) is 4.30. The van der Waals surface area contributed by atoms with Crippen LogP contribution < -0.4 is 5.32 Å². The van der Waals surface area contributed by atoms with Crippen molar-refractivity contribution in [2.75, 3.05) is 0 Å². The van der Waals surface area contributed by atoms with Gasteiger partial charge in [0, 0.05) is 12.3 Å². The SMILES string of the molecule is O=C(NC(c1ccccc1)c1ccccn1)c1cc(-c2ccco2)on1. The molecule has 4 aromatic rings. The van der Waals surface area contributed by atoms with Crippen molar-refractivity contribution in [3.8, 4) is 11.5 Å². The molecule has 3 aromatic heterocycles. The van der Waals surface area contributed by atoms with Gasteiger partial charge in [-0.05, 0) is 29.8 Å². The quantitative estimate of drug-likeness (QED) is 0.594. The fourth-order valence-corrected chi connectivity index (χ4v) is 2.64. The molecule has 1 amide bonds. The van der Waals surface area contributed by atoms with E-state index in [0.717, 1.165) is 11.3 Å². The van der Waals surface area contributed by atoms with Crippen LogP contribution in [-0.2, 0) is 0 Å². The summed E-state index contributed by atoms with van der Waals surface area (Å²) in [6.45, 7) is 0. The van der Waals surface area contributed by atoms with Crippen molar-refractivity contribution in [3.63, 3.8) is 0 Å². The van der Waals surface area contributed by atoms with Gasteiger partial charge in [0.05, 0.1) is 18.0 Å². The van der Waals surface area contributed by atoms with Gasteiger partial charge in [-0.25, -0.2) is 0 Å². The molecule has 1 unspecified atom stereocenters. The van der Waals surface area contributed by atoms with Gasteiger partial charge < -0.3 is 14.3 Å². The average Bonchev–Trinajstić information content (AvgIpc) is 3.39. The normalized spacial score (nSPS) is 11.8. The molecule has 4 rings (SSSR count). The zero-order valence-corrected chi connectivity index (χ0v) is 13.7. The fourth-order valence-electron chi connectivity index (χ4n) is 2.64. The van der Waals surface area contributed by atoms with E-state index in [-0.39, 0.29) is 11.6 Å². The van der Waals surface area contributed by atoms with Gasteiger partial charge in [-0.1, -0.05) is 41.6 Å². The number of nitrogens with zero attached hydrogens (tertiary/aromatic N) is 2. The number of carbonyl (C=O) groups excluding carboxylic acids is 1. The minimum absolute atomic E-state index is 0.174. The second kappa shape index (κ2) is 7.06. The summed E-state index contributed by atoms with van der Waals surface area (Å²) in [6, 6.07) is 19.9. The topological polar surface area (TPSA) is 81.2 Å². The third-order valence-electron chi connectivity index (χ3n) is 3.90. The van der Waals surface area contributed by atoms with Gasteiger partial charge in [0.15, 0.2) is 11.5 Å². The van der Waals surface area contributed by atoms with Crippen LogP contribution in [0.3, 0.4) is 0 Å². The summed E-state index contributed by atoms with van der Waals surface area (Å²) in [5, 5.41) is 6.81. The Morgan fingerprint density at radius 1 is 0.962 bits per heavy atom. The summed E-state index contributed by atoms with van der Waals surface area (Å²) in [5.74, 6) is 0.557. The Morgan fingerprint density at radius 2 is 1.81 bits per heavy atom. The molecule has 0 saturated heterocycles. The number of carbonyl (C=O) groups is 1. The number of aromatic nitrogens is 2. The number of pyridine rings is 1. The monoisotopic (exact) mass is 345 g/mol. The molecule has 0 aliphatic rings. The summed E-state index contributed by atoms with van der Waals surface area (Å²) in [7, 11) is 0. The molecule has 0 saturated carbocycles. The van der Waals surface area contributed by atoms with E-state index in [1.165, 1.54) is 6.26 Å². The summed E-state index contributed by atoms with van der Waals surface area (Å²) in [6.07, 6.45) is 3.23. The molecule has 1 N–H and O–H groups in total. The van der Waals surface area contributed by atoms with Gasteiger partial charge in [0.2, 0.25) is 5.76 Å². The molecule has 0 spiro atoms. The van der Waals surface area contributed by atoms with Gasteiger partial charge in [0.25, 0.3) is 5.91 Å². The largest absolute Gasteiger partial charge is 0.461 e. The maximum atomic E-state index is 12.7. The first kappa shape index (κ1) is 15.8. The van der Waals surface area contributed by atoms with Gasteiger partial charge in [-0.2, -0.15) is 0 Å². The lowest BCUT2D eigenvalue weighted by Crippen LogP contribution is -2.30. The lowest BCUT2D eigenvalue weighted by molar-refractivity contribution is 0.0933. The van der Waals surface area contributed by atoms with Gasteiger partial charge in [-0.3, -0.25) is 9.78 Å². The number of hydrogen-bond acceptors (Lipinski definition) is 5. The van der Waals surface area contributed by atoms with Crippen LogP contribution in [0.1, 0.15) is 27.8 Å². The van der Waals surface area contributed by atoms with Crippen LogP contribution in [-0.4, -0.2) is 16.0 Å². The van der Waals surface area contributed by atoms with E-state index < -0.39 is 6.04 Å². The van der Waals surface area contributed by atoms with Crippen LogP contribution in [0, 0.1) is 0 Å². The van der Waals surface area contributed by atoms with Crippen LogP contribution >= 0.6 is 0 Å². The number of rotatable bonds is 5.